The van der Waals surface area contributed by atoms with Gasteiger partial charge >= 0.3 is 0 Å². The fourth-order valence-electron chi connectivity index (χ4n) is 0. The second-order valence-electron chi connectivity index (χ2n) is 0.387. The van der Waals surface area contributed by atoms with Gasteiger partial charge in [-0.2, -0.15) is 0 Å². The van der Waals surface area contributed by atoms with E-state index in [9.17, 15) is 0 Å². The standard InChI is InChI=1S/BH2P2.Fe/c1-2-3-1;/h2-3H;/i2T;. The van der Waals surface area contributed by atoms with Gasteiger partial charge in [-0.25, -0.2) is 0 Å². The van der Waals surface area contributed by atoms with E-state index in [2.05, 4.69) is 6.72 Å². The summed E-state index contributed by atoms with van der Waals surface area (Å²) in [4.78, 5) is 0. The van der Waals surface area contributed by atoms with Crippen LogP contribution in [0.3, 0.4) is 0 Å². The molecular formula is H2BFeP2. The Morgan fingerprint density at radius 2 is 2.25 bits per heavy atom. The molecule has 1 radical (unpaired) electrons. The van der Waals surface area contributed by atoms with Crippen LogP contribution in [0.5, 0.6) is 0 Å². The molecule has 1 rings (SSSR count). The van der Waals surface area contributed by atoms with Crippen LogP contribution in [0.15, 0.2) is 0 Å². The van der Waals surface area contributed by atoms with Crippen LogP contribution in [0.1, 0.15) is 0 Å². The van der Waals surface area contributed by atoms with E-state index in [1.807, 2.05) is 0 Å². The third-order valence-electron chi connectivity index (χ3n) is 0.129. The molecule has 1 aliphatic heterocycles. The van der Waals surface area contributed by atoms with E-state index in [4.69, 9.17) is 1.28 Å². The maximum Gasteiger partial charge on any atom is 0.181 e. The minimum atomic E-state index is -0.218. The van der Waals surface area contributed by atoms with Crippen molar-refractivity contribution >= 4 is 23.0 Å². The summed E-state index contributed by atoms with van der Waals surface area (Å²) in [5, 5.41) is 0. The van der Waals surface area contributed by atoms with E-state index in [0.29, 0.717) is 0 Å². The van der Waals surface area contributed by atoms with Crippen LogP contribution < -0.4 is 0 Å². The maximum absolute atomic E-state index is 6.72. The third-order valence-corrected chi connectivity index (χ3v) is 1.16. The Morgan fingerprint density at radius 1 is 2.00 bits per heavy atom. The fourth-order valence-corrected chi connectivity index (χ4v) is 0. The van der Waals surface area contributed by atoms with Crippen LogP contribution in [-0.4, -0.2) is 8.00 Å². The number of hydrogen-bond donors (Lipinski definition) is 0. The van der Waals surface area contributed by atoms with E-state index in [1.54, 1.807) is 0 Å². The summed E-state index contributed by atoms with van der Waals surface area (Å²) in [6, 6.07) is 0. The molecule has 1 heterocycles. The molecule has 0 aromatic carbocycles. The van der Waals surface area contributed by atoms with Gasteiger partial charge in [0, 0.05) is 17.1 Å². The summed E-state index contributed by atoms with van der Waals surface area (Å²) in [6.45, 7) is 2.05. The number of hydrogen-bond acceptors (Lipinski definition) is 0. The summed E-state index contributed by atoms with van der Waals surface area (Å²) in [5.41, 5.74) is 0. The van der Waals surface area contributed by atoms with E-state index in [-0.39, 0.29) is 25.2 Å². The zero-order chi connectivity index (χ0) is 2.99. The average Bonchev–Trinajstić information content (AvgIpc) is 1.75. The van der Waals surface area contributed by atoms with Crippen LogP contribution in [-0.2, 0) is 17.1 Å². The van der Waals surface area contributed by atoms with Gasteiger partial charge in [-0.1, -0.05) is 0 Å². The molecule has 2 unspecified atom stereocenters. The summed E-state index contributed by atoms with van der Waals surface area (Å²) < 4.78 is 6.72. The van der Waals surface area contributed by atoms with Gasteiger partial charge in [0.05, 0.1) is 1.28 Å². The van der Waals surface area contributed by atoms with Crippen molar-refractivity contribution < 1.29 is 17.1 Å². The predicted octanol–water partition coefficient (Wildman–Crippen LogP) is 0.804. The van der Waals surface area contributed by atoms with Gasteiger partial charge in [-0.3, -0.25) is 0 Å². The molecule has 1 fully saturated rings. The topological polar surface area (TPSA) is 0 Å². The van der Waals surface area contributed by atoms with Crippen molar-refractivity contribution in [2.75, 3.05) is 0 Å². The van der Waals surface area contributed by atoms with Gasteiger partial charge in [-0.15, -0.1) is 16.2 Å². The second kappa shape index (κ2) is 2.67. The van der Waals surface area contributed by atoms with Gasteiger partial charge in [0.2, 0.25) is 0 Å². The summed E-state index contributed by atoms with van der Waals surface area (Å²) in [6.07, 6.45) is 0. The summed E-state index contributed by atoms with van der Waals surface area (Å²) in [7, 11) is 0.696. The van der Waals surface area contributed by atoms with Crippen molar-refractivity contribution in [1.82, 2.24) is 0 Å². The Hall–Kier alpha value is 1.44. The molecule has 0 amide bonds. The molecule has 0 aromatic heterocycles. The first-order valence-electron chi connectivity index (χ1n) is 1.22. The monoisotopic (exact) mass is 133 g/mol. The van der Waals surface area contributed by atoms with Gasteiger partial charge in [0.15, 0.2) is 6.72 Å². The Bertz CT molecular complexity index is 28.8. The summed E-state index contributed by atoms with van der Waals surface area (Å²) >= 11 is 0. The van der Waals surface area contributed by atoms with Gasteiger partial charge in [-0.05, 0) is 0 Å². The SMILES string of the molecule is [3H]P1[B]P1.[Fe]. The molecule has 4 heavy (non-hydrogen) atoms. The van der Waals surface area contributed by atoms with E-state index < -0.39 is 0 Å². The normalized spacial score (nSPS) is 44.0. The smallest absolute Gasteiger partial charge is 0.143 e. The van der Waals surface area contributed by atoms with Crippen LogP contribution in [0, 0.1) is 0 Å². The fraction of sp³-hybridized carbons (Fsp3) is 0. The minimum absolute atomic E-state index is 0. The first kappa shape index (κ1) is 3.63. The average molecular weight is 133 g/mol. The van der Waals surface area contributed by atoms with Crippen LogP contribution in [0.25, 0.3) is 0 Å². The third kappa shape index (κ3) is 3.44. The molecule has 0 aliphatic carbocycles. The van der Waals surface area contributed by atoms with Crippen LogP contribution >= 0.6 is 16.2 Å². The Balaban J connectivity index is 0.000000160. The largest absolute Gasteiger partial charge is 0.181 e. The molecular weight excluding hydrogens is 129 g/mol. The quantitative estimate of drug-likeness (QED) is 0.338. The molecule has 0 nitrogen and oxygen atoms in total. The van der Waals surface area contributed by atoms with Crippen molar-refractivity contribution in [2.45, 2.75) is 0 Å². The molecule has 0 aromatic rings. The second-order valence-corrected chi connectivity index (χ2v) is 3.49. The van der Waals surface area contributed by atoms with Crippen LogP contribution in [0.4, 0.5) is 0 Å². The first-order valence-corrected chi connectivity index (χ1v) is 3.65. The Labute approximate surface area is 41.9 Å². The van der Waals surface area contributed by atoms with Crippen LogP contribution in [0.2, 0.25) is 0 Å². The molecule has 1 aliphatic rings. The zero-order valence-electron chi connectivity index (χ0n) is 2.88. The molecule has 1 saturated heterocycles. The van der Waals surface area contributed by atoms with E-state index in [0.717, 1.165) is 8.15 Å². The molecule has 0 N–H and O–H groups in total. The van der Waals surface area contributed by atoms with Gasteiger partial charge in [0.1, 0.15) is 0 Å². The molecule has 0 bridgehead atoms. The van der Waals surface area contributed by atoms with E-state index >= 15 is 0 Å². The van der Waals surface area contributed by atoms with Crippen molar-refractivity contribution in [3.63, 3.8) is 0 Å². The van der Waals surface area contributed by atoms with Crippen molar-refractivity contribution in [2.24, 2.45) is 0 Å². The Kier molecular flexibility index (Phi) is 2.42. The van der Waals surface area contributed by atoms with Crippen molar-refractivity contribution in [1.29, 1.82) is 1.28 Å². The minimum Gasteiger partial charge on any atom is -0.143 e. The van der Waals surface area contributed by atoms with Crippen molar-refractivity contribution in [3.8, 4) is 0 Å². The molecule has 0 spiro atoms. The molecule has 2 atom stereocenters. The summed E-state index contributed by atoms with van der Waals surface area (Å²) in [5.74, 6) is 0. The van der Waals surface area contributed by atoms with Crippen molar-refractivity contribution in [3.05, 3.63) is 0 Å². The number of rotatable bonds is 0. The van der Waals surface area contributed by atoms with Gasteiger partial charge in [0.25, 0.3) is 0 Å². The molecule has 0 saturated carbocycles. The molecule has 23 valence electrons. The zero-order valence-corrected chi connectivity index (χ0v) is 4.88. The van der Waals surface area contributed by atoms with Gasteiger partial charge < -0.3 is 0 Å². The predicted molar refractivity (Wildman–Crippen MR) is 22.4 cm³/mol. The first-order chi connectivity index (χ1) is 1.89. The van der Waals surface area contributed by atoms with E-state index in [1.165, 1.54) is 0 Å². The maximum atomic E-state index is 6.72. The Morgan fingerprint density at radius 3 is 2.25 bits per heavy atom. The molecule has 4 heteroatoms.